The summed E-state index contributed by atoms with van der Waals surface area (Å²) in [6.45, 7) is 1.59. The van der Waals surface area contributed by atoms with Gasteiger partial charge in [0.2, 0.25) is 5.91 Å². The van der Waals surface area contributed by atoms with Gasteiger partial charge in [-0.05, 0) is 44.1 Å². The zero-order valence-corrected chi connectivity index (χ0v) is 12.7. The molecule has 0 aromatic carbocycles. The molecule has 3 N–H and O–H groups in total. The molecule has 0 saturated carbocycles. The molecule has 1 aliphatic heterocycles. The third-order valence-electron chi connectivity index (χ3n) is 4.78. The Morgan fingerprint density at radius 1 is 1.29 bits per heavy atom. The molecule has 2 heterocycles. The van der Waals surface area contributed by atoms with Crippen LogP contribution < -0.4 is 5.73 Å². The van der Waals surface area contributed by atoms with Crippen molar-refractivity contribution >= 4 is 5.91 Å². The van der Waals surface area contributed by atoms with Crippen molar-refractivity contribution in [2.75, 3.05) is 13.1 Å². The minimum Gasteiger partial charge on any atom is -0.341 e. The molecule has 5 heteroatoms. The van der Waals surface area contributed by atoms with Crippen LogP contribution in [0, 0.1) is 0 Å². The van der Waals surface area contributed by atoms with Gasteiger partial charge >= 0.3 is 0 Å². The molecule has 21 heavy (non-hydrogen) atoms. The van der Waals surface area contributed by atoms with E-state index >= 15 is 0 Å². The molecular weight excluding hydrogens is 264 g/mol. The molecule has 1 aromatic rings. The van der Waals surface area contributed by atoms with E-state index in [1.807, 2.05) is 4.90 Å². The average Bonchev–Trinajstić information content (AvgIpc) is 2.78. The number of fused-ring (bicyclic) bond motifs is 1. The highest BCUT2D eigenvalue weighted by Crippen LogP contribution is 2.23. The molecule has 0 spiro atoms. The molecule has 116 valence electrons. The molecule has 5 nitrogen and oxygen atoms in total. The molecule has 1 saturated heterocycles. The molecule has 0 bridgehead atoms. The summed E-state index contributed by atoms with van der Waals surface area (Å²) in [4.78, 5) is 14.3. The molecular formula is C16H26N4O. The SMILES string of the molecule is NC1CCCCN(C(=O)CCc2n[nH]c3c2CCCC3)C1. The quantitative estimate of drug-likeness (QED) is 0.887. The molecule has 1 amide bonds. The van der Waals surface area contributed by atoms with Crippen LogP contribution in [0.4, 0.5) is 0 Å². The highest BCUT2D eigenvalue weighted by molar-refractivity contribution is 5.76. The lowest BCUT2D eigenvalue weighted by Crippen LogP contribution is -2.39. The van der Waals surface area contributed by atoms with Gasteiger partial charge in [-0.15, -0.1) is 0 Å². The van der Waals surface area contributed by atoms with Gasteiger partial charge in [-0.3, -0.25) is 9.89 Å². The minimum atomic E-state index is 0.148. The number of nitrogens with zero attached hydrogens (tertiary/aromatic N) is 2. The van der Waals surface area contributed by atoms with Gasteiger partial charge in [0.05, 0.1) is 5.69 Å². The number of amides is 1. The van der Waals surface area contributed by atoms with Gasteiger partial charge in [-0.2, -0.15) is 5.10 Å². The van der Waals surface area contributed by atoms with Crippen molar-refractivity contribution in [1.29, 1.82) is 0 Å². The number of aryl methyl sites for hydroxylation is 2. The number of carbonyl (C=O) groups excluding carboxylic acids is 1. The van der Waals surface area contributed by atoms with E-state index in [-0.39, 0.29) is 11.9 Å². The van der Waals surface area contributed by atoms with E-state index in [1.165, 1.54) is 24.1 Å². The maximum absolute atomic E-state index is 12.4. The van der Waals surface area contributed by atoms with Crippen molar-refractivity contribution in [3.63, 3.8) is 0 Å². The fraction of sp³-hybridized carbons (Fsp3) is 0.750. The Balaban J connectivity index is 1.57. The third kappa shape index (κ3) is 3.46. The van der Waals surface area contributed by atoms with Crippen molar-refractivity contribution in [3.05, 3.63) is 17.0 Å². The number of rotatable bonds is 3. The summed E-state index contributed by atoms with van der Waals surface area (Å²) in [5, 5.41) is 7.58. The maximum atomic E-state index is 12.4. The number of nitrogens with two attached hydrogens (primary N) is 1. The van der Waals surface area contributed by atoms with Crippen molar-refractivity contribution in [3.8, 4) is 0 Å². The molecule has 1 unspecified atom stereocenters. The topological polar surface area (TPSA) is 75.0 Å². The second kappa shape index (κ2) is 6.60. The zero-order valence-electron chi connectivity index (χ0n) is 12.7. The van der Waals surface area contributed by atoms with Gasteiger partial charge in [-0.1, -0.05) is 6.42 Å². The van der Waals surface area contributed by atoms with Crippen molar-refractivity contribution in [2.24, 2.45) is 5.73 Å². The number of likely N-dealkylation sites (tertiary alicyclic amines) is 1. The number of hydrogen-bond acceptors (Lipinski definition) is 3. The first kappa shape index (κ1) is 14.6. The molecule has 1 fully saturated rings. The van der Waals surface area contributed by atoms with Gasteiger partial charge < -0.3 is 10.6 Å². The Hall–Kier alpha value is -1.36. The summed E-state index contributed by atoms with van der Waals surface area (Å²) < 4.78 is 0. The second-order valence-corrected chi connectivity index (χ2v) is 6.43. The molecule has 1 aliphatic carbocycles. The summed E-state index contributed by atoms with van der Waals surface area (Å²) >= 11 is 0. The van der Waals surface area contributed by atoms with E-state index in [0.29, 0.717) is 6.42 Å². The van der Waals surface area contributed by atoms with Crippen LogP contribution in [0.1, 0.15) is 55.5 Å². The van der Waals surface area contributed by atoms with Crippen LogP contribution >= 0.6 is 0 Å². The highest BCUT2D eigenvalue weighted by Gasteiger charge is 2.21. The van der Waals surface area contributed by atoms with Crippen LogP contribution in [0.15, 0.2) is 0 Å². The summed E-state index contributed by atoms with van der Waals surface area (Å²) in [5.41, 5.74) is 9.81. The van der Waals surface area contributed by atoms with Crippen LogP contribution in [0.5, 0.6) is 0 Å². The first-order valence-electron chi connectivity index (χ1n) is 8.32. The standard InChI is InChI=1S/C16H26N4O/c17-12-5-3-4-10-20(11-12)16(21)9-8-15-13-6-1-2-7-14(13)18-19-15/h12H,1-11,17H2,(H,18,19). The van der Waals surface area contributed by atoms with E-state index < -0.39 is 0 Å². The van der Waals surface area contributed by atoms with Crippen molar-refractivity contribution < 1.29 is 4.79 Å². The van der Waals surface area contributed by atoms with E-state index in [9.17, 15) is 4.79 Å². The minimum absolute atomic E-state index is 0.148. The third-order valence-corrected chi connectivity index (χ3v) is 4.78. The Kier molecular flexibility index (Phi) is 4.58. The fourth-order valence-electron chi connectivity index (χ4n) is 3.54. The first-order valence-corrected chi connectivity index (χ1v) is 8.32. The number of aromatic amines is 1. The van der Waals surface area contributed by atoms with Crippen molar-refractivity contribution in [2.45, 2.75) is 63.8 Å². The van der Waals surface area contributed by atoms with Gasteiger partial charge in [-0.25, -0.2) is 0 Å². The summed E-state index contributed by atoms with van der Waals surface area (Å²) in [6.07, 6.45) is 9.29. The first-order chi connectivity index (χ1) is 10.2. The molecule has 3 rings (SSSR count). The lowest BCUT2D eigenvalue weighted by atomic mass is 9.94. The van der Waals surface area contributed by atoms with Crippen LogP contribution in [-0.4, -0.2) is 40.1 Å². The molecule has 1 atom stereocenters. The van der Waals surface area contributed by atoms with Crippen LogP contribution in [0.2, 0.25) is 0 Å². The van der Waals surface area contributed by atoms with E-state index in [0.717, 1.165) is 57.3 Å². The Labute approximate surface area is 126 Å². The van der Waals surface area contributed by atoms with E-state index in [1.54, 1.807) is 0 Å². The second-order valence-electron chi connectivity index (χ2n) is 6.43. The van der Waals surface area contributed by atoms with E-state index in [4.69, 9.17) is 5.73 Å². The maximum Gasteiger partial charge on any atom is 0.223 e. The summed E-state index contributed by atoms with van der Waals surface area (Å²) in [7, 11) is 0. The van der Waals surface area contributed by atoms with Gasteiger partial charge in [0.1, 0.15) is 0 Å². The Morgan fingerprint density at radius 3 is 3.05 bits per heavy atom. The average molecular weight is 290 g/mol. The lowest BCUT2D eigenvalue weighted by Gasteiger charge is -2.22. The smallest absolute Gasteiger partial charge is 0.223 e. The number of nitrogens with one attached hydrogen (secondary N) is 1. The number of carbonyl (C=O) groups is 1. The Morgan fingerprint density at radius 2 is 2.14 bits per heavy atom. The summed E-state index contributed by atoms with van der Waals surface area (Å²) in [5.74, 6) is 0.236. The zero-order chi connectivity index (χ0) is 14.7. The van der Waals surface area contributed by atoms with Gasteiger partial charge in [0.15, 0.2) is 0 Å². The predicted molar refractivity (Wildman–Crippen MR) is 82.0 cm³/mol. The highest BCUT2D eigenvalue weighted by atomic mass is 16.2. The number of aromatic nitrogens is 2. The van der Waals surface area contributed by atoms with Gasteiger partial charge in [0.25, 0.3) is 0 Å². The van der Waals surface area contributed by atoms with Gasteiger partial charge in [0, 0.05) is 37.7 Å². The molecule has 2 aliphatic rings. The van der Waals surface area contributed by atoms with Crippen LogP contribution in [0.3, 0.4) is 0 Å². The van der Waals surface area contributed by atoms with E-state index in [2.05, 4.69) is 10.2 Å². The summed E-state index contributed by atoms with van der Waals surface area (Å²) in [6, 6.07) is 0.148. The predicted octanol–water partition coefficient (Wildman–Crippen LogP) is 1.56. The lowest BCUT2D eigenvalue weighted by molar-refractivity contribution is -0.131. The molecule has 1 aromatic heterocycles. The number of hydrogen-bond donors (Lipinski definition) is 2. The normalized spacial score (nSPS) is 22.7. The molecule has 0 radical (unpaired) electrons. The number of H-pyrrole nitrogens is 1. The fourth-order valence-corrected chi connectivity index (χ4v) is 3.54. The van der Waals surface area contributed by atoms with Crippen molar-refractivity contribution in [1.82, 2.24) is 15.1 Å². The van der Waals surface area contributed by atoms with Crippen LogP contribution in [-0.2, 0) is 24.1 Å². The Bertz CT molecular complexity index is 496. The largest absolute Gasteiger partial charge is 0.341 e. The van der Waals surface area contributed by atoms with Crippen LogP contribution in [0.25, 0.3) is 0 Å². The monoisotopic (exact) mass is 290 g/mol.